The summed E-state index contributed by atoms with van der Waals surface area (Å²) in [6.07, 6.45) is 2.18. The predicted molar refractivity (Wildman–Crippen MR) is 102 cm³/mol. The van der Waals surface area contributed by atoms with Crippen LogP contribution in [0.5, 0.6) is 0 Å². The van der Waals surface area contributed by atoms with Gasteiger partial charge in [0.2, 0.25) is 5.78 Å². The van der Waals surface area contributed by atoms with Gasteiger partial charge in [0, 0.05) is 21.3 Å². The standard InChI is InChI=1S/C21H22N2OS/c1-13(12-22)14-6-8-15(9-7-14)16(24)19-23-17-18(25-19)21(4,5)11-10-20(17,2)3/h6-9H,1,10-11H2,2-5H3. The fourth-order valence-electron chi connectivity index (χ4n) is 3.20. The van der Waals surface area contributed by atoms with Gasteiger partial charge in [-0.3, -0.25) is 4.79 Å². The molecule has 0 N–H and O–H groups in total. The van der Waals surface area contributed by atoms with Crippen molar-refractivity contribution in [3.8, 4) is 6.07 Å². The second-order valence-corrected chi connectivity index (χ2v) is 8.96. The Labute approximate surface area is 153 Å². The molecule has 0 radical (unpaired) electrons. The lowest BCUT2D eigenvalue weighted by Gasteiger charge is -2.37. The van der Waals surface area contributed by atoms with Crippen molar-refractivity contribution in [1.82, 2.24) is 4.98 Å². The molecule has 1 heterocycles. The van der Waals surface area contributed by atoms with E-state index in [4.69, 9.17) is 10.2 Å². The summed E-state index contributed by atoms with van der Waals surface area (Å²) >= 11 is 1.53. The molecule has 3 rings (SSSR count). The molecule has 1 aromatic heterocycles. The molecule has 1 aromatic carbocycles. The predicted octanol–water partition coefficient (Wildman–Crippen LogP) is 5.26. The average molecular weight is 350 g/mol. The van der Waals surface area contributed by atoms with Crippen LogP contribution in [0.2, 0.25) is 0 Å². The summed E-state index contributed by atoms with van der Waals surface area (Å²) in [4.78, 5) is 18.9. The van der Waals surface area contributed by atoms with E-state index in [1.165, 1.54) is 16.2 Å². The van der Waals surface area contributed by atoms with Crippen molar-refractivity contribution in [2.24, 2.45) is 0 Å². The molecule has 3 nitrogen and oxygen atoms in total. The van der Waals surface area contributed by atoms with Crippen LogP contribution < -0.4 is 0 Å². The van der Waals surface area contributed by atoms with Gasteiger partial charge >= 0.3 is 0 Å². The van der Waals surface area contributed by atoms with Gasteiger partial charge in [0.05, 0.1) is 17.3 Å². The molecule has 0 spiro atoms. The molecule has 0 saturated heterocycles. The van der Waals surface area contributed by atoms with Gasteiger partial charge in [-0.1, -0.05) is 58.5 Å². The van der Waals surface area contributed by atoms with Crippen molar-refractivity contribution < 1.29 is 4.79 Å². The van der Waals surface area contributed by atoms with Crippen LogP contribution in [-0.4, -0.2) is 10.8 Å². The first-order chi connectivity index (χ1) is 11.7. The van der Waals surface area contributed by atoms with Crippen LogP contribution in [-0.2, 0) is 10.8 Å². The SMILES string of the molecule is C=C(C#N)c1ccc(C(=O)c2nc3c(s2)C(C)(C)CCC3(C)C)cc1. The number of fused-ring (bicyclic) bond motifs is 1. The number of nitriles is 1. The minimum atomic E-state index is -0.0554. The maximum absolute atomic E-state index is 12.9. The second-order valence-electron chi connectivity index (χ2n) is 7.96. The molecule has 0 fully saturated rings. The number of hydrogen-bond acceptors (Lipinski definition) is 4. The quantitative estimate of drug-likeness (QED) is 0.560. The molecule has 0 aliphatic heterocycles. The van der Waals surface area contributed by atoms with Crippen LogP contribution in [0.25, 0.3) is 5.57 Å². The van der Waals surface area contributed by atoms with Crippen molar-refractivity contribution >= 4 is 22.7 Å². The number of hydrogen-bond donors (Lipinski definition) is 0. The number of thiazole rings is 1. The Morgan fingerprint density at radius 3 is 2.24 bits per heavy atom. The van der Waals surface area contributed by atoms with Crippen molar-refractivity contribution in [1.29, 1.82) is 5.26 Å². The van der Waals surface area contributed by atoms with Crippen LogP contribution in [0.3, 0.4) is 0 Å². The van der Waals surface area contributed by atoms with E-state index in [9.17, 15) is 4.79 Å². The lowest BCUT2D eigenvalue weighted by Crippen LogP contribution is -2.32. The average Bonchev–Trinajstić information content (AvgIpc) is 3.06. The highest BCUT2D eigenvalue weighted by atomic mass is 32.1. The lowest BCUT2D eigenvalue weighted by molar-refractivity contribution is 0.103. The third-order valence-corrected chi connectivity index (χ3v) is 6.50. The van der Waals surface area contributed by atoms with E-state index in [1.807, 2.05) is 6.07 Å². The molecule has 0 bridgehead atoms. The Kier molecular flexibility index (Phi) is 4.17. The number of aromatic nitrogens is 1. The highest BCUT2D eigenvalue weighted by molar-refractivity contribution is 7.14. The molecule has 0 amide bonds. The van der Waals surface area contributed by atoms with Gasteiger partial charge in [-0.2, -0.15) is 5.26 Å². The fraction of sp³-hybridized carbons (Fsp3) is 0.381. The highest BCUT2D eigenvalue weighted by Crippen LogP contribution is 2.48. The Morgan fingerprint density at radius 1 is 1.12 bits per heavy atom. The monoisotopic (exact) mass is 350 g/mol. The first-order valence-corrected chi connectivity index (χ1v) is 9.23. The van der Waals surface area contributed by atoms with E-state index in [0.29, 0.717) is 16.1 Å². The van der Waals surface area contributed by atoms with Crippen LogP contribution in [0.4, 0.5) is 0 Å². The molecular formula is C21H22N2OS. The van der Waals surface area contributed by atoms with Gasteiger partial charge in [0.1, 0.15) is 0 Å². The van der Waals surface area contributed by atoms with E-state index in [0.717, 1.165) is 24.1 Å². The first-order valence-electron chi connectivity index (χ1n) is 8.42. The van der Waals surface area contributed by atoms with Crippen LogP contribution in [0.15, 0.2) is 30.8 Å². The Balaban J connectivity index is 1.98. The van der Waals surface area contributed by atoms with Gasteiger partial charge in [-0.15, -0.1) is 11.3 Å². The van der Waals surface area contributed by atoms with Crippen molar-refractivity contribution in [3.63, 3.8) is 0 Å². The number of benzene rings is 1. The molecule has 0 atom stereocenters. The van der Waals surface area contributed by atoms with Gasteiger partial charge in [0.15, 0.2) is 5.01 Å². The Morgan fingerprint density at radius 2 is 1.68 bits per heavy atom. The zero-order valence-corrected chi connectivity index (χ0v) is 16.0. The Bertz CT molecular complexity index is 861. The molecule has 0 unspecified atom stereocenters. The summed E-state index contributed by atoms with van der Waals surface area (Å²) in [7, 11) is 0. The maximum Gasteiger partial charge on any atom is 0.221 e. The lowest BCUT2D eigenvalue weighted by atomic mass is 9.69. The zero-order valence-electron chi connectivity index (χ0n) is 15.1. The molecule has 2 aromatic rings. The van der Waals surface area contributed by atoms with E-state index in [2.05, 4.69) is 34.3 Å². The topological polar surface area (TPSA) is 53.8 Å². The van der Waals surface area contributed by atoms with E-state index in [1.54, 1.807) is 24.3 Å². The van der Waals surface area contributed by atoms with Crippen LogP contribution >= 0.6 is 11.3 Å². The number of rotatable bonds is 3. The van der Waals surface area contributed by atoms with Gasteiger partial charge in [0.25, 0.3) is 0 Å². The van der Waals surface area contributed by atoms with Crippen molar-refractivity contribution in [2.45, 2.75) is 51.4 Å². The van der Waals surface area contributed by atoms with Gasteiger partial charge < -0.3 is 0 Å². The molecule has 128 valence electrons. The second kappa shape index (κ2) is 5.93. The number of nitrogens with zero attached hydrogens (tertiary/aromatic N) is 2. The minimum Gasteiger partial charge on any atom is -0.286 e. The van der Waals surface area contributed by atoms with Crippen LogP contribution in [0, 0.1) is 11.3 Å². The van der Waals surface area contributed by atoms with Gasteiger partial charge in [-0.25, -0.2) is 4.98 Å². The van der Waals surface area contributed by atoms with Crippen molar-refractivity contribution in [2.75, 3.05) is 0 Å². The first kappa shape index (κ1) is 17.6. The minimum absolute atomic E-state index is 0.00821. The summed E-state index contributed by atoms with van der Waals surface area (Å²) < 4.78 is 0. The Hall–Kier alpha value is -2.25. The number of ketones is 1. The normalized spacial score (nSPS) is 17.4. The molecular weight excluding hydrogens is 328 g/mol. The molecule has 25 heavy (non-hydrogen) atoms. The van der Waals surface area contributed by atoms with E-state index < -0.39 is 0 Å². The molecule has 0 saturated carbocycles. The fourth-order valence-corrected chi connectivity index (χ4v) is 4.54. The number of allylic oxidation sites excluding steroid dienone is 1. The largest absolute Gasteiger partial charge is 0.286 e. The highest BCUT2D eigenvalue weighted by Gasteiger charge is 2.41. The molecule has 1 aliphatic rings. The summed E-state index contributed by atoms with van der Waals surface area (Å²) in [6.45, 7) is 12.6. The summed E-state index contributed by atoms with van der Waals surface area (Å²) in [5, 5.41) is 9.47. The van der Waals surface area contributed by atoms with E-state index >= 15 is 0 Å². The summed E-state index contributed by atoms with van der Waals surface area (Å²) in [5.74, 6) is -0.0554. The van der Waals surface area contributed by atoms with Crippen molar-refractivity contribution in [3.05, 3.63) is 57.6 Å². The van der Waals surface area contributed by atoms with E-state index in [-0.39, 0.29) is 16.6 Å². The van der Waals surface area contributed by atoms with Gasteiger partial charge in [-0.05, 0) is 18.4 Å². The molecule has 1 aliphatic carbocycles. The third-order valence-electron chi connectivity index (χ3n) is 5.08. The van der Waals surface area contributed by atoms with Crippen LogP contribution in [0.1, 0.15) is 72.0 Å². The third kappa shape index (κ3) is 3.05. The zero-order chi connectivity index (χ0) is 18.4. The maximum atomic E-state index is 12.9. The molecule has 4 heteroatoms. The summed E-state index contributed by atoms with van der Waals surface area (Å²) in [6, 6.07) is 9.04. The summed E-state index contributed by atoms with van der Waals surface area (Å²) in [5.41, 5.74) is 2.87. The number of carbonyl (C=O) groups is 1. The smallest absolute Gasteiger partial charge is 0.221 e. The number of carbonyl (C=O) groups excluding carboxylic acids is 1.